The van der Waals surface area contributed by atoms with Crippen LogP contribution in [-0.4, -0.2) is 7.85 Å². The average Bonchev–Trinajstić information content (AvgIpc) is 2.08. The smallest absolute Gasteiger partial charge is 0.0967 e. The summed E-state index contributed by atoms with van der Waals surface area (Å²) in [5, 5.41) is 0. The molecule has 0 heterocycles. The van der Waals surface area contributed by atoms with Gasteiger partial charge in [-0.3, -0.25) is 0 Å². The van der Waals surface area contributed by atoms with Gasteiger partial charge in [0.1, 0.15) is 7.85 Å². The van der Waals surface area contributed by atoms with Crippen LogP contribution in [0.4, 0.5) is 0 Å². The molecule has 0 saturated heterocycles. The van der Waals surface area contributed by atoms with E-state index < -0.39 is 0 Å². The van der Waals surface area contributed by atoms with Crippen LogP contribution in [0.5, 0.6) is 0 Å². The van der Waals surface area contributed by atoms with Crippen molar-refractivity contribution in [2.75, 3.05) is 0 Å². The Morgan fingerprint density at radius 3 is 1.94 bits per heavy atom. The van der Waals surface area contributed by atoms with Gasteiger partial charge in [-0.25, -0.2) is 0 Å². The molecule has 1 aromatic rings. The third kappa shape index (κ3) is 11.7. The van der Waals surface area contributed by atoms with Crippen molar-refractivity contribution < 1.29 is 98.1 Å². The van der Waals surface area contributed by atoms with Gasteiger partial charge in [-0.05, 0) is 24.3 Å². The van der Waals surface area contributed by atoms with Crippen LogP contribution in [-0.2, 0) is 105 Å². The molecule has 0 atom stereocenters. The minimum Gasteiger partial charge on any atom is -0.0967 e. The minimum absolute atomic E-state index is 0. The van der Waals surface area contributed by atoms with Crippen molar-refractivity contribution in [1.29, 1.82) is 0 Å². The van der Waals surface area contributed by atoms with Crippen LogP contribution < -0.4 is 5.46 Å². The first-order valence-corrected chi connectivity index (χ1v) is 5.03. The average molecular weight is 439 g/mol. The zero-order valence-corrected chi connectivity index (χ0v) is 18.8. The first-order valence-electron chi connectivity index (χ1n) is 5.03. The van der Waals surface area contributed by atoms with Crippen molar-refractivity contribution in [1.82, 2.24) is 0 Å². The number of aryl methyl sites for hydroxylation is 1. The van der Waals surface area contributed by atoms with Crippen LogP contribution in [0, 0.1) is 5.92 Å². The van der Waals surface area contributed by atoms with E-state index in [1.807, 2.05) is 12.1 Å². The third-order valence-corrected chi connectivity index (χ3v) is 2.23. The molecule has 16 heavy (non-hydrogen) atoms. The maximum absolute atomic E-state index is 5.60. The van der Waals surface area contributed by atoms with Gasteiger partial charge >= 0.3 is 0 Å². The Morgan fingerprint density at radius 2 is 1.50 bits per heavy atom. The fourth-order valence-electron chi connectivity index (χ4n) is 1.40. The van der Waals surface area contributed by atoms with E-state index in [9.17, 15) is 0 Å². The summed E-state index contributed by atoms with van der Waals surface area (Å²) in [6.07, 6.45) is 3.77. The van der Waals surface area contributed by atoms with Crippen molar-refractivity contribution in [3.05, 3.63) is 29.8 Å². The molecule has 77 valence electrons. The molecule has 0 N–H and O–H groups in total. The van der Waals surface area contributed by atoms with Gasteiger partial charge in [0.05, 0.1) is 0 Å². The molecule has 0 nitrogen and oxygen atoms in total. The zero-order valence-electron chi connectivity index (χ0n) is 10.3. The van der Waals surface area contributed by atoms with Crippen molar-refractivity contribution in [3.63, 3.8) is 0 Å². The maximum Gasteiger partial charge on any atom is 0.113 e. The van der Waals surface area contributed by atoms with Gasteiger partial charge in [-0.1, -0.05) is 50.0 Å². The van der Waals surface area contributed by atoms with Crippen molar-refractivity contribution in [3.8, 4) is 0 Å². The van der Waals surface area contributed by atoms with Gasteiger partial charge in [0.15, 0.2) is 0 Å². The summed E-state index contributed by atoms with van der Waals surface area (Å²) in [6.45, 7) is 4.53. The van der Waals surface area contributed by atoms with Gasteiger partial charge < -0.3 is 0 Å². The number of rotatable bonds is 4. The van der Waals surface area contributed by atoms with Crippen LogP contribution in [0.15, 0.2) is 24.3 Å². The van der Waals surface area contributed by atoms with Crippen LogP contribution in [0.1, 0.15) is 32.3 Å². The summed E-state index contributed by atoms with van der Waals surface area (Å²) in [5.41, 5.74) is 2.25. The molecule has 0 saturated carbocycles. The van der Waals surface area contributed by atoms with E-state index in [2.05, 4.69) is 26.0 Å². The molecule has 5 radical (unpaired) electrons. The van der Waals surface area contributed by atoms with E-state index in [1.165, 1.54) is 24.8 Å². The number of benzene rings is 1. The molecule has 0 aliphatic heterocycles. The second-order valence-corrected chi connectivity index (χ2v) is 4.03. The molecule has 1 rings (SSSR count). The van der Waals surface area contributed by atoms with Gasteiger partial charge in [-0.2, -0.15) is 0 Å². The van der Waals surface area contributed by atoms with Crippen LogP contribution in [0.2, 0.25) is 0 Å². The quantitative estimate of drug-likeness (QED) is 0.634. The molecule has 1 aromatic carbocycles. The molecule has 0 aliphatic rings. The maximum atomic E-state index is 5.60. The fraction of sp³-hybridized carbons (Fsp3) is 0.500. The van der Waals surface area contributed by atoms with Crippen LogP contribution >= 0.6 is 0 Å². The Hall–Kier alpha value is 2.60. The summed E-state index contributed by atoms with van der Waals surface area (Å²) in [4.78, 5) is 0. The van der Waals surface area contributed by atoms with Crippen molar-refractivity contribution in [2.45, 2.75) is 33.1 Å². The molecule has 0 spiro atoms. The predicted molar refractivity (Wildman–Crippen MR) is 59.6 cm³/mol. The van der Waals surface area contributed by atoms with Crippen molar-refractivity contribution in [2.24, 2.45) is 5.92 Å². The number of hydrogen-bond acceptors (Lipinski definition) is 0. The van der Waals surface area contributed by atoms with E-state index in [-0.39, 0.29) is 98.1 Å². The monoisotopic (exact) mass is 439 g/mol. The molecule has 0 amide bonds. The first-order chi connectivity index (χ1) is 6.18. The van der Waals surface area contributed by atoms with Crippen LogP contribution in [0.25, 0.3) is 0 Å². The summed E-state index contributed by atoms with van der Waals surface area (Å²) < 4.78 is 0. The first kappa shape index (κ1) is 23.7. The second kappa shape index (κ2) is 14.0. The predicted octanol–water partition coefficient (Wildman–Crippen LogP) is 2.45. The second-order valence-electron chi connectivity index (χ2n) is 4.03. The molecular formula is C12H17BY3. The van der Waals surface area contributed by atoms with Gasteiger partial charge in [0.25, 0.3) is 0 Å². The summed E-state index contributed by atoms with van der Waals surface area (Å²) in [5.74, 6) is 0.814. The summed E-state index contributed by atoms with van der Waals surface area (Å²) in [7, 11) is 5.60. The normalized spacial score (nSPS) is 8.69. The zero-order chi connectivity index (χ0) is 9.68. The topological polar surface area (TPSA) is 0 Å². The Kier molecular flexibility index (Phi) is 20.7. The van der Waals surface area contributed by atoms with Gasteiger partial charge in [-0.15, -0.1) is 0 Å². The van der Waals surface area contributed by atoms with Gasteiger partial charge in [0.2, 0.25) is 0 Å². The molecule has 0 fully saturated rings. The molecule has 0 aromatic heterocycles. The Morgan fingerprint density at radius 1 is 1.00 bits per heavy atom. The Balaban J connectivity index is -0.000000563. The van der Waals surface area contributed by atoms with E-state index in [0.29, 0.717) is 0 Å². The summed E-state index contributed by atoms with van der Waals surface area (Å²) >= 11 is 0. The van der Waals surface area contributed by atoms with E-state index in [1.54, 1.807) is 0 Å². The minimum atomic E-state index is 0. The van der Waals surface area contributed by atoms with Crippen LogP contribution in [0.3, 0.4) is 0 Å². The summed E-state index contributed by atoms with van der Waals surface area (Å²) in [6, 6.07) is 8.20. The van der Waals surface area contributed by atoms with Crippen molar-refractivity contribution >= 4 is 13.3 Å². The number of hydrogen-bond donors (Lipinski definition) is 0. The molecule has 0 bridgehead atoms. The largest absolute Gasteiger partial charge is 0.113 e. The standard InChI is InChI=1S/C12H17B.3Y/c1-10(2)4-3-5-11-6-8-12(13)9-7-11;;;/h6-10H,3-5H2,1-2H3;;;. The molecule has 0 unspecified atom stereocenters. The molecular weight excluding hydrogens is 422 g/mol. The Bertz CT molecular complexity index is 247. The van der Waals surface area contributed by atoms with E-state index in [0.717, 1.165) is 11.4 Å². The van der Waals surface area contributed by atoms with E-state index >= 15 is 0 Å². The SMILES string of the molecule is [B]c1ccc(CCCC(C)C)cc1.[Y].[Y].[Y]. The Labute approximate surface area is 177 Å². The molecule has 4 heteroatoms. The third-order valence-electron chi connectivity index (χ3n) is 2.23. The molecule has 0 aliphatic carbocycles. The fourth-order valence-corrected chi connectivity index (χ4v) is 1.40. The van der Waals surface area contributed by atoms with E-state index in [4.69, 9.17) is 7.85 Å². The van der Waals surface area contributed by atoms with Gasteiger partial charge in [0, 0.05) is 98.1 Å².